The van der Waals surface area contributed by atoms with Crippen molar-refractivity contribution in [2.45, 2.75) is 19.3 Å². The molecule has 2 aliphatic rings. The highest BCUT2D eigenvalue weighted by Crippen LogP contribution is 2.37. The number of carbonyl (C=O) groups is 1. The number of hydrogen-bond donors (Lipinski definition) is 1. The van der Waals surface area contributed by atoms with Crippen molar-refractivity contribution in [2.75, 3.05) is 33.3 Å². The molecule has 2 heterocycles. The summed E-state index contributed by atoms with van der Waals surface area (Å²) < 4.78 is 19.1. The van der Waals surface area contributed by atoms with Crippen LogP contribution in [0, 0.1) is 11.2 Å². The number of nitrogens with one attached hydrogen (secondary N) is 1. The van der Waals surface area contributed by atoms with Gasteiger partial charge in [0, 0.05) is 19.6 Å². The zero-order chi connectivity index (χ0) is 14.9. The van der Waals surface area contributed by atoms with Gasteiger partial charge < -0.3 is 15.0 Å². The molecule has 0 radical (unpaired) electrons. The number of rotatable bonds is 2. The largest absolute Gasteiger partial charge is 0.496 e. The van der Waals surface area contributed by atoms with Crippen molar-refractivity contribution in [1.82, 2.24) is 10.2 Å². The first kappa shape index (κ1) is 14.3. The summed E-state index contributed by atoms with van der Waals surface area (Å²) in [6, 6.07) is 4.49. The third-order valence-electron chi connectivity index (χ3n) is 4.85. The van der Waals surface area contributed by atoms with E-state index < -0.39 is 5.82 Å². The number of piperidine rings is 1. The van der Waals surface area contributed by atoms with Crippen LogP contribution in [0.3, 0.4) is 0 Å². The van der Waals surface area contributed by atoms with E-state index in [1.807, 2.05) is 0 Å². The maximum absolute atomic E-state index is 14.0. The first-order chi connectivity index (χ1) is 10.2. The molecule has 2 saturated heterocycles. The standard InChI is InChI=1S/C16H21FN2O2/c1-21-13-4-2-3-12(17)14(13)15(20)19-9-6-16(7-10-19)5-8-18-11-16/h2-4,18H,5-11H2,1H3. The van der Waals surface area contributed by atoms with Crippen LogP contribution in [0.5, 0.6) is 5.75 Å². The van der Waals surface area contributed by atoms with E-state index in [0.29, 0.717) is 24.3 Å². The smallest absolute Gasteiger partial charge is 0.260 e. The topological polar surface area (TPSA) is 41.6 Å². The summed E-state index contributed by atoms with van der Waals surface area (Å²) in [5.41, 5.74) is 0.399. The zero-order valence-electron chi connectivity index (χ0n) is 12.3. The summed E-state index contributed by atoms with van der Waals surface area (Å²) in [7, 11) is 1.46. The minimum atomic E-state index is -0.512. The number of hydrogen-bond acceptors (Lipinski definition) is 3. The number of nitrogens with zero attached hydrogens (tertiary/aromatic N) is 1. The average Bonchev–Trinajstić information content (AvgIpc) is 2.95. The summed E-state index contributed by atoms with van der Waals surface area (Å²) in [6.07, 6.45) is 3.16. The zero-order valence-corrected chi connectivity index (χ0v) is 12.3. The van der Waals surface area contributed by atoms with Gasteiger partial charge in [-0.3, -0.25) is 4.79 Å². The molecule has 1 aromatic rings. The van der Waals surface area contributed by atoms with E-state index in [0.717, 1.165) is 25.9 Å². The Balaban J connectivity index is 1.75. The normalized spacial score (nSPS) is 20.8. The molecule has 1 spiro atoms. The molecule has 0 atom stereocenters. The number of halogens is 1. The molecule has 3 rings (SSSR count). The summed E-state index contributed by atoms with van der Waals surface area (Å²) in [5, 5.41) is 3.40. The Hall–Kier alpha value is -1.62. The van der Waals surface area contributed by atoms with E-state index in [2.05, 4.69) is 5.32 Å². The highest BCUT2D eigenvalue weighted by Gasteiger charge is 2.38. The molecule has 5 heteroatoms. The lowest BCUT2D eigenvalue weighted by Gasteiger charge is -2.39. The van der Waals surface area contributed by atoms with Gasteiger partial charge in [-0.25, -0.2) is 4.39 Å². The Kier molecular flexibility index (Phi) is 3.85. The third-order valence-corrected chi connectivity index (χ3v) is 4.85. The highest BCUT2D eigenvalue weighted by atomic mass is 19.1. The van der Waals surface area contributed by atoms with Gasteiger partial charge in [-0.2, -0.15) is 0 Å². The van der Waals surface area contributed by atoms with E-state index in [1.54, 1.807) is 17.0 Å². The predicted molar refractivity (Wildman–Crippen MR) is 78.0 cm³/mol. The second kappa shape index (κ2) is 5.64. The van der Waals surface area contributed by atoms with Crippen LogP contribution in [0.4, 0.5) is 4.39 Å². The van der Waals surface area contributed by atoms with Gasteiger partial charge >= 0.3 is 0 Å². The van der Waals surface area contributed by atoms with Crippen molar-refractivity contribution < 1.29 is 13.9 Å². The predicted octanol–water partition coefficient (Wildman–Crippen LogP) is 2.05. The number of amides is 1. The molecule has 2 aliphatic heterocycles. The van der Waals surface area contributed by atoms with E-state index in [9.17, 15) is 9.18 Å². The van der Waals surface area contributed by atoms with Gasteiger partial charge in [-0.15, -0.1) is 0 Å². The van der Waals surface area contributed by atoms with Crippen LogP contribution in [0.1, 0.15) is 29.6 Å². The molecule has 1 aromatic carbocycles. The van der Waals surface area contributed by atoms with Gasteiger partial charge in [0.15, 0.2) is 0 Å². The lowest BCUT2D eigenvalue weighted by atomic mass is 9.78. The summed E-state index contributed by atoms with van der Waals surface area (Å²) in [5.74, 6) is -0.462. The maximum Gasteiger partial charge on any atom is 0.260 e. The summed E-state index contributed by atoms with van der Waals surface area (Å²) >= 11 is 0. The van der Waals surface area contributed by atoms with Crippen LogP contribution in [0.25, 0.3) is 0 Å². The molecule has 4 nitrogen and oxygen atoms in total. The van der Waals surface area contributed by atoms with Crippen molar-refractivity contribution in [2.24, 2.45) is 5.41 Å². The fourth-order valence-electron chi connectivity index (χ4n) is 3.45. The van der Waals surface area contributed by atoms with Crippen LogP contribution in [-0.4, -0.2) is 44.1 Å². The van der Waals surface area contributed by atoms with E-state index in [-0.39, 0.29) is 11.5 Å². The first-order valence-corrected chi connectivity index (χ1v) is 7.48. The van der Waals surface area contributed by atoms with Gasteiger partial charge in [-0.1, -0.05) is 6.07 Å². The molecular weight excluding hydrogens is 271 g/mol. The van der Waals surface area contributed by atoms with Gasteiger partial charge in [-0.05, 0) is 43.4 Å². The molecule has 1 N–H and O–H groups in total. The SMILES string of the molecule is COc1cccc(F)c1C(=O)N1CCC2(CCNC2)CC1. The highest BCUT2D eigenvalue weighted by molar-refractivity contribution is 5.97. The van der Waals surface area contributed by atoms with E-state index in [4.69, 9.17) is 4.74 Å². The second-order valence-electron chi connectivity index (χ2n) is 6.04. The quantitative estimate of drug-likeness (QED) is 0.907. The Bertz CT molecular complexity index is 531. The van der Waals surface area contributed by atoms with Gasteiger partial charge in [0.05, 0.1) is 7.11 Å². The molecule has 21 heavy (non-hydrogen) atoms. The molecule has 0 bridgehead atoms. The number of likely N-dealkylation sites (tertiary alicyclic amines) is 1. The number of ether oxygens (including phenoxy) is 1. The lowest BCUT2D eigenvalue weighted by Crippen LogP contribution is -2.44. The van der Waals surface area contributed by atoms with Crippen molar-refractivity contribution in [3.05, 3.63) is 29.6 Å². The Morgan fingerprint density at radius 1 is 1.33 bits per heavy atom. The Morgan fingerprint density at radius 3 is 2.71 bits per heavy atom. The second-order valence-corrected chi connectivity index (χ2v) is 6.04. The molecular formula is C16H21FN2O2. The number of carbonyl (C=O) groups excluding carboxylic acids is 1. The van der Waals surface area contributed by atoms with Crippen molar-refractivity contribution in [1.29, 1.82) is 0 Å². The van der Waals surface area contributed by atoms with Crippen LogP contribution < -0.4 is 10.1 Å². The third kappa shape index (κ3) is 2.62. The minimum absolute atomic E-state index is 0.0560. The summed E-state index contributed by atoms with van der Waals surface area (Å²) in [6.45, 7) is 3.49. The van der Waals surface area contributed by atoms with Crippen molar-refractivity contribution >= 4 is 5.91 Å². The molecule has 114 valence electrons. The fraction of sp³-hybridized carbons (Fsp3) is 0.562. The summed E-state index contributed by atoms with van der Waals surface area (Å²) in [4.78, 5) is 14.3. The van der Waals surface area contributed by atoms with Crippen LogP contribution in [-0.2, 0) is 0 Å². The molecule has 0 aliphatic carbocycles. The van der Waals surface area contributed by atoms with Crippen LogP contribution >= 0.6 is 0 Å². The number of methoxy groups -OCH3 is 1. The molecule has 1 amide bonds. The minimum Gasteiger partial charge on any atom is -0.496 e. The van der Waals surface area contributed by atoms with Gasteiger partial charge in [0.1, 0.15) is 17.1 Å². The van der Waals surface area contributed by atoms with E-state index in [1.165, 1.54) is 19.6 Å². The molecule has 0 unspecified atom stereocenters. The molecule has 0 aromatic heterocycles. The number of benzene rings is 1. The lowest BCUT2D eigenvalue weighted by molar-refractivity contribution is 0.0600. The first-order valence-electron chi connectivity index (χ1n) is 7.48. The maximum atomic E-state index is 14.0. The average molecular weight is 292 g/mol. The van der Waals surface area contributed by atoms with Gasteiger partial charge in [0.2, 0.25) is 0 Å². The molecule has 0 saturated carbocycles. The molecule has 2 fully saturated rings. The van der Waals surface area contributed by atoms with Crippen molar-refractivity contribution in [3.63, 3.8) is 0 Å². The monoisotopic (exact) mass is 292 g/mol. The van der Waals surface area contributed by atoms with Crippen molar-refractivity contribution in [3.8, 4) is 5.75 Å². The van der Waals surface area contributed by atoms with Crippen LogP contribution in [0.2, 0.25) is 0 Å². The Morgan fingerprint density at radius 2 is 2.10 bits per heavy atom. The fourth-order valence-corrected chi connectivity index (χ4v) is 3.45. The van der Waals surface area contributed by atoms with Gasteiger partial charge in [0.25, 0.3) is 5.91 Å². The van der Waals surface area contributed by atoms with Crippen LogP contribution in [0.15, 0.2) is 18.2 Å². The Labute approximate surface area is 124 Å². The van der Waals surface area contributed by atoms with E-state index >= 15 is 0 Å².